The summed E-state index contributed by atoms with van der Waals surface area (Å²) in [7, 11) is 0. The number of rotatable bonds is 1. The molecule has 2 aromatic rings. The number of aromatic nitrogens is 2. The van der Waals surface area contributed by atoms with Crippen molar-refractivity contribution in [3.63, 3.8) is 0 Å². The second-order valence-corrected chi connectivity index (χ2v) is 5.47. The molecule has 2 nitrogen and oxygen atoms in total. The highest BCUT2D eigenvalue weighted by Gasteiger charge is 2.17. The fourth-order valence-electron chi connectivity index (χ4n) is 1.40. The van der Waals surface area contributed by atoms with Gasteiger partial charge in [-0.2, -0.15) is 5.10 Å². The van der Waals surface area contributed by atoms with Crippen LogP contribution in [0.4, 0.5) is 0 Å². The van der Waals surface area contributed by atoms with Gasteiger partial charge in [-0.3, -0.25) is 0 Å². The van der Waals surface area contributed by atoms with Crippen molar-refractivity contribution in [2.24, 2.45) is 0 Å². The topological polar surface area (TPSA) is 17.8 Å². The van der Waals surface area contributed by atoms with Gasteiger partial charge < -0.3 is 0 Å². The molecular weight excluding hydrogens is 228 g/mol. The van der Waals surface area contributed by atoms with Crippen molar-refractivity contribution in [3.05, 3.63) is 30.5 Å². The smallest absolute Gasteiger partial charge is 0.112 e. The van der Waals surface area contributed by atoms with Crippen LogP contribution in [0.15, 0.2) is 30.5 Å². The molecule has 0 spiro atoms. The van der Waals surface area contributed by atoms with Crippen LogP contribution in [0.3, 0.4) is 0 Å². The maximum absolute atomic E-state index is 4.34. The molecule has 0 aliphatic carbocycles. The molecule has 0 fully saturated rings. The van der Waals surface area contributed by atoms with Gasteiger partial charge in [0.15, 0.2) is 0 Å². The lowest BCUT2D eigenvalue weighted by Gasteiger charge is -2.18. The second kappa shape index (κ2) is 2.84. The minimum atomic E-state index is -0.129. The van der Waals surface area contributed by atoms with E-state index >= 15 is 0 Å². The van der Waals surface area contributed by atoms with E-state index in [9.17, 15) is 0 Å². The molecule has 0 saturated heterocycles. The van der Waals surface area contributed by atoms with Gasteiger partial charge in [-0.05, 0) is 19.9 Å². The van der Waals surface area contributed by atoms with Gasteiger partial charge in [-0.1, -0.05) is 34.1 Å². The molecule has 1 aromatic heterocycles. The van der Waals surface area contributed by atoms with Gasteiger partial charge in [-0.25, -0.2) is 4.68 Å². The molecule has 68 valence electrons. The largest absolute Gasteiger partial charge is 0.249 e. The molecule has 0 saturated carbocycles. The number of halogens is 1. The Kier molecular flexibility index (Phi) is 1.91. The predicted molar refractivity (Wildman–Crippen MR) is 58.0 cm³/mol. The summed E-state index contributed by atoms with van der Waals surface area (Å²) in [6.45, 7) is 4.15. The van der Waals surface area contributed by atoms with Crippen LogP contribution in [-0.2, 0) is 4.45 Å². The van der Waals surface area contributed by atoms with Gasteiger partial charge in [0.2, 0.25) is 0 Å². The maximum Gasteiger partial charge on any atom is 0.112 e. The first-order chi connectivity index (χ1) is 6.09. The Hall–Kier alpha value is -0.830. The highest BCUT2D eigenvalue weighted by atomic mass is 79.9. The highest BCUT2D eigenvalue weighted by Crippen LogP contribution is 2.26. The van der Waals surface area contributed by atoms with Gasteiger partial charge in [0.1, 0.15) is 4.45 Å². The lowest BCUT2D eigenvalue weighted by molar-refractivity contribution is 0.507. The van der Waals surface area contributed by atoms with E-state index in [1.165, 1.54) is 5.39 Å². The van der Waals surface area contributed by atoms with E-state index in [1.807, 2.05) is 23.0 Å². The highest BCUT2D eigenvalue weighted by molar-refractivity contribution is 9.09. The van der Waals surface area contributed by atoms with Gasteiger partial charge >= 0.3 is 0 Å². The third-order valence-corrected chi connectivity index (χ3v) is 2.32. The zero-order valence-electron chi connectivity index (χ0n) is 7.66. The van der Waals surface area contributed by atoms with E-state index in [2.05, 4.69) is 47.0 Å². The van der Waals surface area contributed by atoms with Crippen LogP contribution in [0.2, 0.25) is 0 Å². The SMILES string of the molecule is CC(C)(Br)n1ncc2ccccc21. The summed E-state index contributed by atoms with van der Waals surface area (Å²) in [5.74, 6) is 0. The van der Waals surface area contributed by atoms with Crippen molar-refractivity contribution < 1.29 is 0 Å². The molecule has 13 heavy (non-hydrogen) atoms. The van der Waals surface area contributed by atoms with E-state index < -0.39 is 0 Å². The van der Waals surface area contributed by atoms with Crippen LogP contribution < -0.4 is 0 Å². The quantitative estimate of drug-likeness (QED) is 0.699. The Morgan fingerprint density at radius 2 is 2.00 bits per heavy atom. The Morgan fingerprint density at radius 3 is 2.69 bits per heavy atom. The summed E-state index contributed by atoms with van der Waals surface area (Å²) >= 11 is 3.59. The predicted octanol–water partition coefficient (Wildman–Crippen LogP) is 3.12. The summed E-state index contributed by atoms with van der Waals surface area (Å²) in [6, 6.07) is 8.19. The zero-order valence-corrected chi connectivity index (χ0v) is 9.25. The van der Waals surface area contributed by atoms with E-state index in [-0.39, 0.29) is 4.45 Å². The molecule has 0 atom stereocenters. The number of benzene rings is 1. The lowest BCUT2D eigenvalue weighted by atomic mass is 10.2. The van der Waals surface area contributed by atoms with Crippen LogP contribution in [0.25, 0.3) is 10.9 Å². The molecule has 0 aliphatic rings. The Balaban J connectivity index is 2.72. The van der Waals surface area contributed by atoms with E-state index in [1.54, 1.807) is 0 Å². The van der Waals surface area contributed by atoms with Crippen molar-refractivity contribution in [1.29, 1.82) is 0 Å². The zero-order chi connectivity index (χ0) is 9.47. The van der Waals surface area contributed by atoms with E-state index in [0.29, 0.717) is 0 Å². The number of alkyl halides is 1. The Morgan fingerprint density at radius 1 is 1.31 bits per heavy atom. The Labute approximate surface area is 85.7 Å². The minimum absolute atomic E-state index is 0.129. The normalized spacial score (nSPS) is 12.2. The lowest BCUT2D eigenvalue weighted by Crippen LogP contribution is -2.18. The van der Waals surface area contributed by atoms with Crippen molar-refractivity contribution >= 4 is 26.8 Å². The van der Waals surface area contributed by atoms with Crippen LogP contribution in [-0.4, -0.2) is 9.78 Å². The third kappa shape index (κ3) is 1.48. The monoisotopic (exact) mass is 238 g/mol. The Bertz CT molecular complexity index is 426. The molecule has 0 N–H and O–H groups in total. The average Bonchev–Trinajstić information content (AvgIpc) is 2.45. The number of nitrogens with zero attached hydrogens (tertiary/aromatic N) is 2. The molecule has 1 heterocycles. The first-order valence-electron chi connectivity index (χ1n) is 4.21. The van der Waals surface area contributed by atoms with Crippen LogP contribution in [0, 0.1) is 0 Å². The number of hydrogen-bond acceptors (Lipinski definition) is 1. The molecule has 0 amide bonds. The fraction of sp³-hybridized carbons (Fsp3) is 0.300. The van der Waals surface area contributed by atoms with Crippen molar-refractivity contribution in [3.8, 4) is 0 Å². The fourth-order valence-corrected chi connectivity index (χ4v) is 1.68. The number of para-hydroxylation sites is 1. The van der Waals surface area contributed by atoms with Crippen LogP contribution in [0.1, 0.15) is 13.8 Å². The van der Waals surface area contributed by atoms with E-state index in [4.69, 9.17) is 0 Å². The molecule has 0 radical (unpaired) electrons. The van der Waals surface area contributed by atoms with Crippen LogP contribution >= 0.6 is 15.9 Å². The minimum Gasteiger partial charge on any atom is -0.249 e. The molecule has 2 rings (SSSR count). The molecule has 3 heteroatoms. The summed E-state index contributed by atoms with van der Waals surface area (Å²) in [6.07, 6.45) is 1.89. The third-order valence-electron chi connectivity index (χ3n) is 1.98. The molecule has 1 aromatic carbocycles. The first kappa shape index (κ1) is 8.75. The van der Waals surface area contributed by atoms with Gasteiger partial charge in [0.05, 0.1) is 11.7 Å². The molecular formula is C10H11BrN2. The summed E-state index contributed by atoms with van der Waals surface area (Å²) in [5, 5.41) is 5.51. The summed E-state index contributed by atoms with van der Waals surface area (Å²) in [5.41, 5.74) is 1.16. The van der Waals surface area contributed by atoms with Crippen LogP contribution in [0.5, 0.6) is 0 Å². The van der Waals surface area contributed by atoms with Crippen molar-refractivity contribution in [1.82, 2.24) is 9.78 Å². The molecule has 0 bridgehead atoms. The van der Waals surface area contributed by atoms with Gasteiger partial charge in [0, 0.05) is 5.39 Å². The average molecular weight is 239 g/mol. The first-order valence-corrected chi connectivity index (χ1v) is 5.00. The number of hydrogen-bond donors (Lipinski definition) is 0. The van der Waals surface area contributed by atoms with E-state index in [0.717, 1.165) is 5.52 Å². The van der Waals surface area contributed by atoms with Crippen molar-refractivity contribution in [2.75, 3.05) is 0 Å². The maximum atomic E-state index is 4.34. The standard InChI is InChI=1S/C10H11BrN2/c1-10(2,11)13-9-6-4-3-5-8(9)7-12-13/h3-7H,1-2H3. The summed E-state index contributed by atoms with van der Waals surface area (Å²) in [4.78, 5) is 0. The second-order valence-electron chi connectivity index (χ2n) is 3.52. The molecule has 0 aliphatic heterocycles. The van der Waals surface area contributed by atoms with Gasteiger partial charge in [-0.15, -0.1) is 0 Å². The summed E-state index contributed by atoms with van der Waals surface area (Å²) < 4.78 is 1.85. The molecule has 0 unspecified atom stereocenters. The van der Waals surface area contributed by atoms with Crippen molar-refractivity contribution in [2.45, 2.75) is 18.3 Å². The van der Waals surface area contributed by atoms with Gasteiger partial charge in [0.25, 0.3) is 0 Å². The number of fused-ring (bicyclic) bond motifs is 1.